The summed E-state index contributed by atoms with van der Waals surface area (Å²) in [6.07, 6.45) is 0. The van der Waals surface area contributed by atoms with Gasteiger partial charge in [-0.3, -0.25) is 10.1 Å². The largest absolute Gasteiger partial charge is 0.475 e. The zero-order chi connectivity index (χ0) is 19.9. The number of nitriles is 1. The highest BCUT2D eigenvalue weighted by atomic mass is 16.6. The molecule has 0 saturated heterocycles. The van der Waals surface area contributed by atoms with Crippen molar-refractivity contribution in [2.75, 3.05) is 6.61 Å². The molecule has 0 bridgehead atoms. The number of benzene rings is 3. The van der Waals surface area contributed by atoms with E-state index < -0.39 is 17.5 Å². The minimum atomic E-state index is -0.677. The predicted octanol–water partition coefficient (Wildman–Crippen LogP) is 4.12. The van der Waals surface area contributed by atoms with Crippen molar-refractivity contribution in [3.8, 4) is 28.7 Å². The van der Waals surface area contributed by atoms with Gasteiger partial charge in [0.15, 0.2) is 12.4 Å². The highest BCUT2D eigenvalue weighted by molar-refractivity contribution is 5.74. The smallest absolute Gasteiger partial charge is 0.349 e. The van der Waals surface area contributed by atoms with E-state index in [1.165, 1.54) is 18.2 Å². The number of nitrogens with zero attached hydrogens (tertiary/aromatic N) is 2. The molecule has 138 valence electrons. The Morgan fingerprint density at radius 1 is 0.964 bits per heavy atom. The van der Waals surface area contributed by atoms with Crippen LogP contribution in [0.2, 0.25) is 0 Å². The highest BCUT2D eigenvalue weighted by Gasteiger charge is 2.15. The fourth-order valence-electron chi connectivity index (χ4n) is 2.48. The van der Waals surface area contributed by atoms with Crippen molar-refractivity contribution in [3.05, 3.63) is 88.5 Å². The van der Waals surface area contributed by atoms with Gasteiger partial charge >= 0.3 is 11.7 Å². The van der Waals surface area contributed by atoms with E-state index in [0.717, 1.165) is 11.1 Å². The Balaban J connectivity index is 1.60. The van der Waals surface area contributed by atoms with Gasteiger partial charge in [-0.25, -0.2) is 4.79 Å². The highest BCUT2D eigenvalue weighted by Crippen LogP contribution is 2.26. The number of hydrogen-bond acceptors (Lipinski definition) is 6. The molecule has 0 unspecified atom stereocenters. The number of rotatable bonds is 6. The summed E-state index contributed by atoms with van der Waals surface area (Å²) in [4.78, 5) is 22.3. The zero-order valence-electron chi connectivity index (χ0n) is 14.6. The van der Waals surface area contributed by atoms with Crippen LogP contribution in [0, 0.1) is 21.4 Å². The van der Waals surface area contributed by atoms with Gasteiger partial charge in [0.25, 0.3) is 0 Å². The average molecular weight is 374 g/mol. The number of ether oxygens (including phenoxy) is 2. The van der Waals surface area contributed by atoms with Gasteiger partial charge in [0, 0.05) is 6.07 Å². The summed E-state index contributed by atoms with van der Waals surface area (Å²) in [5.41, 5.74) is 2.19. The standard InChI is InChI=1S/C21H14N2O5/c22-13-15-5-7-16(8-6-15)17-9-11-18(12-10-17)28-21(24)14-27-20-4-2-1-3-19(20)23(25)26/h1-12H,14H2. The van der Waals surface area contributed by atoms with E-state index in [4.69, 9.17) is 14.7 Å². The first-order valence-corrected chi connectivity index (χ1v) is 8.24. The number of esters is 1. The zero-order valence-corrected chi connectivity index (χ0v) is 14.6. The molecule has 0 N–H and O–H groups in total. The van der Waals surface area contributed by atoms with E-state index >= 15 is 0 Å². The van der Waals surface area contributed by atoms with Crippen LogP contribution >= 0.6 is 0 Å². The van der Waals surface area contributed by atoms with Crippen LogP contribution in [0.1, 0.15) is 5.56 Å². The Labute approximate surface area is 160 Å². The van der Waals surface area contributed by atoms with Crippen molar-refractivity contribution in [3.63, 3.8) is 0 Å². The summed E-state index contributed by atoms with van der Waals surface area (Å²) in [5, 5.41) is 19.8. The molecule has 28 heavy (non-hydrogen) atoms. The Morgan fingerprint density at radius 2 is 1.57 bits per heavy atom. The lowest BCUT2D eigenvalue weighted by Gasteiger charge is -2.08. The van der Waals surface area contributed by atoms with Crippen molar-refractivity contribution < 1.29 is 19.2 Å². The molecule has 0 spiro atoms. The third kappa shape index (κ3) is 4.51. The van der Waals surface area contributed by atoms with Crippen molar-refractivity contribution in [2.45, 2.75) is 0 Å². The molecule has 3 rings (SSSR count). The number of carbonyl (C=O) groups excluding carboxylic acids is 1. The van der Waals surface area contributed by atoms with Gasteiger partial charge in [-0.1, -0.05) is 36.4 Å². The fraction of sp³-hybridized carbons (Fsp3) is 0.0476. The minimum absolute atomic E-state index is 0.000568. The third-order valence-corrected chi connectivity index (χ3v) is 3.84. The first kappa shape index (κ1) is 18.6. The molecule has 7 nitrogen and oxygen atoms in total. The Hall–Kier alpha value is -4.18. The van der Waals surface area contributed by atoms with Gasteiger partial charge in [-0.05, 0) is 41.5 Å². The van der Waals surface area contributed by atoms with Crippen LogP contribution in [-0.4, -0.2) is 17.5 Å². The van der Waals surface area contributed by atoms with Crippen LogP contribution in [0.4, 0.5) is 5.69 Å². The molecular weight excluding hydrogens is 360 g/mol. The fourth-order valence-corrected chi connectivity index (χ4v) is 2.48. The summed E-state index contributed by atoms with van der Waals surface area (Å²) in [6, 6.07) is 21.8. The van der Waals surface area contributed by atoms with Gasteiger partial charge < -0.3 is 9.47 Å². The van der Waals surface area contributed by atoms with Gasteiger partial charge in [0.2, 0.25) is 0 Å². The predicted molar refractivity (Wildman–Crippen MR) is 101 cm³/mol. The Morgan fingerprint density at radius 3 is 2.18 bits per heavy atom. The first-order valence-electron chi connectivity index (χ1n) is 8.24. The van der Waals surface area contributed by atoms with Crippen molar-refractivity contribution in [1.82, 2.24) is 0 Å². The Kier molecular flexibility index (Phi) is 5.63. The lowest BCUT2D eigenvalue weighted by atomic mass is 10.0. The second-order valence-electron chi connectivity index (χ2n) is 5.70. The molecule has 0 aromatic heterocycles. The molecule has 3 aromatic carbocycles. The van der Waals surface area contributed by atoms with E-state index in [-0.39, 0.29) is 11.4 Å². The summed E-state index contributed by atoms with van der Waals surface area (Å²) < 4.78 is 10.4. The second-order valence-corrected chi connectivity index (χ2v) is 5.70. The molecule has 0 atom stereocenters. The Bertz CT molecular complexity index is 1040. The number of hydrogen-bond donors (Lipinski definition) is 0. The monoisotopic (exact) mass is 374 g/mol. The number of carbonyl (C=O) groups is 1. The molecule has 0 aliphatic heterocycles. The van der Waals surface area contributed by atoms with Crippen LogP contribution < -0.4 is 9.47 Å². The molecule has 0 saturated carbocycles. The van der Waals surface area contributed by atoms with Crippen LogP contribution in [-0.2, 0) is 4.79 Å². The van der Waals surface area contributed by atoms with Crippen LogP contribution in [0.25, 0.3) is 11.1 Å². The normalized spacial score (nSPS) is 9.96. The topological polar surface area (TPSA) is 102 Å². The molecular formula is C21H14N2O5. The summed E-state index contributed by atoms with van der Waals surface area (Å²) in [7, 11) is 0. The molecule has 0 fully saturated rings. The van der Waals surface area contributed by atoms with Crippen molar-refractivity contribution >= 4 is 11.7 Å². The molecule has 0 aliphatic carbocycles. The van der Waals surface area contributed by atoms with E-state index in [1.807, 2.05) is 12.1 Å². The number of nitro groups is 1. The second kappa shape index (κ2) is 8.47. The summed E-state index contributed by atoms with van der Waals surface area (Å²) in [6.45, 7) is -0.456. The molecule has 0 amide bonds. The van der Waals surface area contributed by atoms with Gasteiger partial charge in [0.1, 0.15) is 5.75 Å². The minimum Gasteiger partial charge on any atom is -0.475 e. The maximum absolute atomic E-state index is 11.9. The lowest BCUT2D eigenvalue weighted by molar-refractivity contribution is -0.385. The van der Waals surface area contributed by atoms with Gasteiger partial charge in [-0.15, -0.1) is 0 Å². The molecule has 0 radical (unpaired) electrons. The number of para-hydroxylation sites is 2. The molecule has 0 aliphatic rings. The molecule has 7 heteroatoms. The maximum atomic E-state index is 11.9. The van der Waals surface area contributed by atoms with E-state index in [1.54, 1.807) is 42.5 Å². The molecule has 3 aromatic rings. The van der Waals surface area contributed by atoms with E-state index in [2.05, 4.69) is 6.07 Å². The lowest BCUT2D eigenvalue weighted by Crippen LogP contribution is -2.18. The SMILES string of the molecule is N#Cc1ccc(-c2ccc(OC(=O)COc3ccccc3[N+](=O)[O-])cc2)cc1. The van der Waals surface area contributed by atoms with E-state index in [0.29, 0.717) is 11.3 Å². The average Bonchev–Trinajstić information content (AvgIpc) is 2.73. The summed E-state index contributed by atoms with van der Waals surface area (Å²) in [5.74, 6) is -0.349. The van der Waals surface area contributed by atoms with E-state index in [9.17, 15) is 14.9 Å². The van der Waals surface area contributed by atoms with Crippen LogP contribution in [0.15, 0.2) is 72.8 Å². The van der Waals surface area contributed by atoms with Crippen molar-refractivity contribution in [1.29, 1.82) is 5.26 Å². The first-order chi connectivity index (χ1) is 13.6. The van der Waals surface area contributed by atoms with Gasteiger partial charge in [0.05, 0.1) is 16.6 Å². The third-order valence-electron chi connectivity index (χ3n) is 3.84. The van der Waals surface area contributed by atoms with Crippen LogP contribution in [0.5, 0.6) is 11.5 Å². The quantitative estimate of drug-likeness (QED) is 0.278. The molecule has 0 heterocycles. The van der Waals surface area contributed by atoms with Gasteiger partial charge in [-0.2, -0.15) is 5.26 Å². The number of nitro benzene ring substituents is 1. The van der Waals surface area contributed by atoms with Crippen molar-refractivity contribution in [2.24, 2.45) is 0 Å². The van der Waals surface area contributed by atoms with Crippen LogP contribution in [0.3, 0.4) is 0 Å². The summed E-state index contributed by atoms with van der Waals surface area (Å²) >= 11 is 0. The maximum Gasteiger partial charge on any atom is 0.349 e.